The van der Waals surface area contributed by atoms with Gasteiger partial charge in [-0.15, -0.1) is 0 Å². The van der Waals surface area contributed by atoms with Gasteiger partial charge in [-0.25, -0.2) is 0 Å². The highest BCUT2D eigenvalue weighted by atomic mass is 16.3. The second kappa shape index (κ2) is 2.96. The number of hydrogen-bond acceptors (Lipinski definition) is 2. The molecule has 1 aliphatic heterocycles. The molecule has 0 radical (unpaired) electrons. The second-order valence-corrected chi connectivity index (χ2v) is 5.74. The van der Waals surface area contributed by atoms with Crippen LogP contribution in [0.3, 0.4) is 0 Å². The monoisotopic (exact) mass is 183 g/mol. The summed E-state index contributed by atoms with van der Waals surface area (Å²) in [5.74, 6) is 0. The summed E-state index contributed by atoms with van der Waals surface area (Å²) in [6.45, 7) is 7.82. The Hall–Kier alpha value is -0.0800. The summed E-state index contributed by atoms with van der Waals surface area (Å²) in [5, 5.41) is 10.2. The molecule has 1 aliphatic carbocycles. The number of nitrogens with zero attached hydrogens (tertiary/aromatic N) is 1. The van der Waals surface area contributed by atoms with Crippen LogP contribution < -0.4 is 0 Å². The number of aliphatic hydroxyl groups is 1. The zero-order valence-corrected chi connectivity index (χ0v) is 8.84. The number of hydrogen-bond donors (Lipinski definition) is 1. The van der Waals surface area contributed by atoms with Crippen LogP contribution in [-0.2, 0) is 0 Å². The summed E-state index contributed by atoms with van der Waals surface area (Å²) in [5.41, 5.74) is 0.158. The van der Waals surface area contributed by atoms with Crippen molar-refractivity contribution in [3.8, 4) is 0 Å². The number of β-amino-alcohol motifs (C(OH)–C–C–N with tert-alkyl or cyclic N) is 1. The van der Waals surface area contributed by atoms with Crippen LogP contribution in [0.25, 0.3) is 0 Å². The quantitative estimate of drug-likeness (QED) is 0.703. The molecular formula is C11H21NO. The first kappa shape index (κ1) is 9.47. The molecule has 0 aromatic heterocycles. The van der Waals surface area contributed by atoms with E-state index >= 15 is 0 Å². The summed E-state index contributed by atoms with van der Waals surface area (Å²) in [6.07, 6.45) is 4.47. The van der Waals surface area contributed by atoms with Gasteiger partial charge < -0.3 is 5.11 Å². The molecular weight excluding hydrogens is 162 g/mol. The van der Waals surface area contributed by atoms with Gasteiger partial charge in [0.15, 0.2) is 0 Å². The standard InChI is InChI=1S/C11H21NO/c1-10(2)7-12(8-10)9-11(13)5-3-4-6-11/h13H,3-9H2,1-2H3. The number of likely N-dealkylation sites (tertiary alicyclic amines) is 1. The van der Waals surface area contributed by atoms with Gasteiger partial charge in [-0.3, -0.25) is 4.90 Å². The molecule has 13 heavy (non-hydrogen) atoms. The molecule has 2 fully saturated rings. The Bertz CT molecular complexity index is 186. The molecule has 1 N–H and O–H groups in total. The Balaban J connectivity index is 1.79. The molecule has 1 saturated heterocycles. The van der Waals surface area contributed by atoms with Gasteiger partial charge in [-0.05, 0) is 18.3 Å². The van der Waals surface area contributed by atoms with E-state index in [0.717, 1.165) is 32.5 Å². The highest BCUT2D eigenvalue weighted by Crippen LogP contribution is 2.35. The van der Waals surface area contributed by atoms with Crippen molar-refractivity contribution in [2.24, 2.45) is 5.41 Å². The fraction of sp³-hybridized carbons (Fsp3) is 1.00. The largest absolute Gasteiger partial charge is 0.389 e. The van der Waals surface area contributed by atoms with E-state index in [1.54, 1.807) is 0 Å². The molecule has 0 bridgehead atoms. The van der Waals surface area contributed by atoms with Crippen LogP contribution in [-0.4, -0.2) is 35.2 Å². The van der Waals surface area contributed by atoms with Gasteiger partial charge in [0.1, 0.15) is 0 Å². The van der Waals surface area contributed by atoms with Crippen LogP contribution in [0.1, 0.15) is 39.5 Å². The molecule has 2 rings (SSSR count). The van der Waals surface area contributed by atoms with E-state index in [4.69, 9.17) is 0 Å². The Kier molecular flexibility index (Phi) is 2.16. The highest BCUT2D eigenvalue weighted by Gasteiger charge is 2.40. The molecule has 0 aromatic carbocycles. The number of rotatable bonds is 2. The van der Waals surface area contributed by atoms with E-state index in [-0.39, 0.29) is 5.60 Å². The van der Waals surface area contributed by atoms with Crippen molar-refractivity contribution in [1.29, 1.82) is 0 Å². The smallest absolute Gasteiger partial charge is 0.0774 e. The van der Waals surface area contributed by atoms with Crippen LogP contribution in [0.15, 0.2) is 0 Å². The van der Waals surface area contributed by atoms with E-state index in [2.05, 4.69) is 18.7 Å². The lowest BCUT2D eigenvalue weighted by Crippen LogP contribution is -2.57. The fourth-order valence-corrected chi connectivity index (χ4v) is 2.88. The van der Waals surface area contributed by atoms with Crippen molar-refractivity contribution in [3.05, 3.63) is 0 Å². The summed E-state index contributed by atoms with van der Waals surface area (Å²) < 4.78 is 0. The molecule has 1 saturated carbocycles. The van der Waals surface area contributed by atoms with Crippen molar-refractivity contribution >= 4 is 0 Å². The Morgan fingerprint density at radius 2 is 1.69 bits per heavy atom. The second-order valence-electron chi connectivity index (χ2n) is 5.74. The van der Waals surface area contributed by atoms with Gasteiger partial charge in [0, 0.05) is 19.6 Å². The van der Waals surface area contributed by atoms with Crippen molar-refractivity contribution in [3.63, 3.8) is 0 Å². The van der Waals surface area contributed by atoms with E-state index < -0.39 is 0 Å². The van der Waals surface area contributed by atoms with Gasteiger partial charge in [0.2, 0.25) is 0 Å². The van der Waals surface area contributed by atoms with Crippen molar-refractivity contribution in [2.75, 3.05) is 19.6 Å². The van der Waals surface area contributed by atoms with Gasteiger partial charge >= 0.3 is 0 Å². The predicted octanol–water partition coefficient (Wildman–Crippen LogP) is 1.63. The summed E-state index contributed by atoms with van der Waals surface area (Å²) in [7, 11) is 0. The Labute approximate surface area is 80.9 Å². The van der Waals surface area contributed by atoms with Crippen LogP contribution in [0.5, 0.6) is 0 Å². The van der Waals surface area contributed by atoms with Crippen molar-refractivity contribution in [1.82, 2.24) is 4.90 Å². The van der Waals surface area contributed by atoms with Crippen molar-refractivity contribution in [2.45, 2.75) is 45.1 Å². The first-order valence-electron chi connectivity index (χ1n) is 5.44. The van der Waals surface area contributed by atoms with Crippen molar-refractivity contribution < 1.29 is 5.11 Å². The van der Waals surface area contributed by atoms with Crippen LogP contribution in [0.4, 0.5) is 0 Å². The zero-order chi connectivity index (χ0) is 9.53. The molecule has 0 atom stereocenters. The van der Waals surface area contributed by atoms with Crippen LogP contribution >= 0.6 is 0 Å². The van der Waals surface area contributed by atoms with Gasteiger partial charge in [-0.1, -0.05) is 26.7 Å². The maximum absolute atomic E-state index is 10.2. The van der Waals surface area contributed by atoms with E-state index in [0.29, 0.717) is 5.41 Å². The molecule has 2 heteroatoms. The molecule has 0 amide bonds. The Morgan fingerprint density at radius 3 is 2.15 bits per heavy atom. The molecule has 76 valence electrons. The molecule has 2 nitrogen and oxygen atoms in total. The molecule has 1 heterocycles. The summed E-state index contributed by atoms with van der Waals surface area (Å²) in [6, 6.07) is 0. The van der Waals surface area contributed by atoms with Crippen LogP contribution in [0.2, 0.25) is 0 Å². The summed E-state index contributed by atoms with van der Waals surface area (Å²) in [4.78, 5) is 2.39. The third-order valence-electron chi connectivity index (χ3n) is 3.36. The maximum atomic E-state index is 10.2. The topological polar surface area (TPSA) is 23.5 Å². The van der Waals surface area contributed by atoms with Gasteiger partial charge in [-0.2, -0.15) is 0 Å². The average molecular weight is 183 g/mol. The first-order valence-corrected chi connectivity index (χ1v) is 5.44. The SMILES string of the molecule is CC1(C)CN(CC2(O)CCCC2)C1. The third kappa shape index (κ3) is 2.05. The molecule has 0 spiro atoms. The lowest BCUT2D eigenvalue weighted by molar-refractivity contribution is -0.0517. The minimum atomic E-state index is -0.337. The van der Waals surface area contributed by atoms with Gasteiger partial charge in [0.25, 0.3) is 0 Å². The minimum absolute atomic E-state index is 0.337. The zero-order valence-electron chi connectivity index (χ0n) is 8.84. The lowest BCUT2D eigenvalue weighted by Gasteiger charge is -2.48. The summed E-state index contributed by atoms with van der Waals surface area (Å²) >= 11 is 0. The van der Waals surface area contributed by atoms with E-state index in [1.807, 2.05) is 0 Å². The average Bonchev–Trinajstić information content (AvgIpc) is 2.32. The molecule has 0 aromatic rings. The normalized spacial score (nSPS) is 31.6. The van der Waals surface area contributed by atoms with E-state index in [1.165, 1.54) is 12.8 Å². The third-order valence-corrected chi connectivity index (χ3v) is 3.36. The maximum Gasteiger partial charge on any atom is 0.0774 e. The molecule has 0 unspecified atom stereocenters. The van der Waals surface area contributed by atoms with Gasteiger partial charge in [0.05, 0.1) is 5.60 Å². The first-order chi connectivity index (χ1) is 5.99. The minimum Gasteiger partial charge on any atom is -0.389 e. The van der Waals surface area contributed by atoms with E-state index in [9.17, 15) is 5.11 Å². The van der Waals surface area contributed by atoms with Crippen LogP contribution in [0, 0.1) is 5.41 Å². The molecule has 2 aliphatic rings. The fourth-order valence-electron chi connectivity index (χ4n) is 2.88. The predicted molar refractivity (Wildman–Crippen MR) is 53.6 cm³/mol. The lowest BCUT2D eigenvalue weighted by atomic mass is 9.83. The highest BCUT2D eigenvalue weighted by molar-refractivity contribution is 4.94. The Morgan fingerprint density at radius 1 is 1.15 bits per heavy atom.